The second-order valence-corrected chi connectivity index (χ2v) is 7.17. The minimum atomic E-state index is -0.472. The molecule has 1 heterocycles. The van der Waals surface area contributed by atoms with Crippen LogP contribution >= 0.6 is 0 Å². The molecule has 1 rings (SSSR count). The highest BCUT2D eigenvalue weighted by Gasteiger charge is 2.19. The Balaban J connectivity index is 2.37. The van der Waals surface area contributed by atoms with Gasteiger partial charge in [0.15, 0.2) is 0 Å². The van der Waals surface area contributed by atoms with Crippen molar-refractivity contribution < 1.29 is 9.53 Å². The molecule has 0 spiro atoms. The molecule has 1 atom stereocenters. The summed E-state index contributed by atoms with van der Waals surface area (Å²) in [7, 11) is 0. The molecule has 1 aromatic rings. The summed E-state index contributed by atoms with van der Waals surface area (Å²) >= 11 is 0. The fraction of sp³-hybridized carbons (Fsp3) is 0.706. The third-order valence-electron chi connectivity index (χ3n) is 3.40. The molecular formula is C17H30N4O2. The van der Waals surface area contributed by atoms with E-state index in [1.54, 1.807) is 12.4 Å². The van der Waals surface area contributed by atoms with Gasteiger partial charge in [-0.05, 0) is 39.5 Å². The number of hydrogen-bond donors (Lipinski definition) is 2. The lowest BCUT2D eigenvalue weighted by atomic mass is 9.96. The topological polar surface area (TPSA) is 76.1 Å². The first-order valence-corrected chi connectivity index (χ1v) is 8.12. The second kappa shape index (κ2) is 8.82. The second-order valence-electron chi connectivity index (χ2n) is 7.17. The molecular weight excluding hydrogens is 292 g/mol. The van der Waals surface area contributed by atoms with Crippen LogP contribution in [0.5, 0.6) is 0 Å². The average Bonchev–Trinajstić information content (AvgIpc) is 2.42. The maximum atomic E-state index is 11.7. The van der Waals surface area contributed by atoms with Crippen LogP contribution in [0.4, 0.5) is 4.79 Å². The Morgan fingerprint density at radius 3 is 2.43 bits per heavy atom. The van der Waals surface area contributed by atoms with E-state index in [-0.39, 0.29) is 6.09 Å². The average molecular weight is 322 g/mol. The number of aromatic nitrogens is 2. The summed E-state index contributed by atoms with van der Waals surface area (Å²) in [5.74, 6) is 0.766. The first-order valence-electron chi connectivity index (χ1n) is 8.12. The molecule has 23 heavy (non-hydrogen) atoms. The van der Waals surface area contributed by atoms with Gasteiger partial charge in [0.1, 0.15) is 5.60 Å². The van der Waals surface area contributed by atoms with Crippen molar-refractivity contribution in [2.24, 2.45) is 11.8 Å². The smallest absolute Gasteiger partial charge is 0.407 e. The van der Waals surface area contributed by atoms with Gasteiger partial charge in [0.05, 0.1) is 11.4 Å². The molecule has 6 nitrogen and oxygen atoms in total. The Bertz CT molecular complexity index is 480. The van der Waals surface area contributed by atoms with E-state index in [2.05, 4.69) is 34.4 Å². The van der Waals surface area contributed by atoms with E-state index in [9.17, 15) is 4.79 Å². The Morgan fingerprint density at radius 2 is 1.91 bits per heavy atom. The van der Waals surface area contributed by atoms with E-state index in [1.165, 1.54) is 0 Å². The highest BCUT2D eigenvalue weighted by molar-refractivity contribution is 5.67. The number of ether oxygens (including phenoxy) is 1. The van der Waals surface area contributed by atoms with Gasteiger partial charge >= 0.3 is 6.09 Å². The quantitative estimate of drug-likeness (QED) is 0.807. The van der Waals surface area contributed by atoms with E-state index >= 15 is 0 Å². The molecule has 0 radical (unpaired) electrons. The molecule has 0 saturated heterocycles. The molecule has 0 saturated carbocycles. The van der Waals surface area contributed by atoms with Crippen molar-refractivity contribution in [3.05, 3.63) is 23.8 Å². The summed E-state index contributed by atoms with van der Waals surface area (Å²) in [6.07, 6.45) is 3.18. The number of aryl methyl sites for hydroxylation is 1. The van der Waals surface area contributed by atoms with Crippen LogP contribution in [0.15, 0.2) is 12.4 Å². The number of amides is 1. The summed E-state index contributed by atoms with van der Waals surface area (Å²) in [5, 5.41) is 6.23. The Kier molecular flexibility index (Phi) is 7.42. The zero-order chi connectivity index (χ0) is 17.5. The van der Waals surface area contributed by atoms with Crippen molar-refractivity contribution in [3.8, 4) is 0 Å². The summed E-state index contributed by atoms with van der Waals surface area (Å²) in [6, 6.07) is 0. The van der Waals surface area contributed by atoms with E-state index in [4.69, 9.17) is 4.74 Å². The molecule has 0 aliphatic rings. The summed E-state index contributed by atoms with van der Waals surface area (Å²) in [4.78, 5) is 20.3. The molecule has 2 N–H and O–H groups in total. The summed E-state index contributed by atoms with van der Waals surface area (Å²) in [5.41, 5.74) is 1.35. The molecule has 1 aromatic heterocycles. The monoisotopic (exact) mass is 322 g/mol. The standard InChI is InChI=1S/C17H30N4O2/c1-12(2)14(9-21-16(22)23-17(4,5)6)8-18-10-15-11-19-13(3)7-20-15/h7,11-12,14,18H,8-10H2,1-6H3,(H,21,22). The van der Waals surface area contributed by atoms with Gasteiger partial charge in [0.25, 0.3) is 0 Å². The van der Waals surface area contributed by atoms with E-state index in [0.717, 1.165) is 17.9 Å². The van der Waals surface area contributed by atoms with Gasteiger partial charge in [-0.25, -0.2) is 4.79 Å². The van der Waals surface area contributed by atoms with Gasteiger partial charge in [0, 0.05) is 32.0 Å². The number of alkyl carbamates (subject to hydrolysis) is 1. The van der Waals surface area contributed by atoms with Crippen molar-refractivity contribution in [1.82, 2.24) is 20.6 Å². The Morgan fingerprint density at radius 1 is 1.22 bits per heavy atom. The lowest BCUT2D eigenvalue weighted by Crippen LogP contribution is -2.39. The van der Waals surface area contributed by atoms with Crippen LogP contribution in [-0.4, -0.2) is 34.8 Å². The number of rotatable bonds is 7. The van der Waals surface area contributed by atoms with Crippen LogP contribution in [-0.2, 0) is 11.3 Å². The Hall–Kier alpha value is -1.69. The molecule has 1 amide bonds. The zero-order valence-electron chi connectivity index (χ0n) is 15.1. The predicted molar refractivity (Wildman–Crippen MR) is 91.0 cm³/mol. The van der Waals surface area contributed by atoms with Gasteiger partial charge in [-0.3, -0.25) is 9.97 Å². The number of carbonyl (C=O) groups excluding carboxylic acids is 1. The fourth-order valence-electron chi connectivity index (χ4n) is 1.97. The third kappa shape index (κ3) is 8.50. The highest BCUT2D eigenvalue weighted by atomic mass is 16.6. The van der Waals surface area contributed by atoms with E-state index in [1.807, 2.05) is 27.7 Å². The largest absolute Gasteiger partial charge is 0.444 e. The SMILES string of the molecule is Cc1cnc(CNCC(CNC(=O)OC(C)(C)C)C(C)C)cn1. The van der Waals surface area contributed by atoms with Crippen LogP contribution < -0.4 is 10.6 Å². The van der Waals surface area contributed by atoms with Crippen LogP contribution in [0.2, 0.25) is 0 Å². The van der Waals surface area contributed by atoms with Gasteiger partial charge in [-0.15, -0.1) is 0 Å². The fourth-order valence-corrected chi connectivity index (χ4v) is 1.97. The predicted octanol–water partition coefficient (Wildman–Crippen LogP) is 2.67. The van der Waals surface area contributed by atoms with E-state index in [0.29, 0.717) is 24.9 Å². The molecule has 6 heteroatoms. The van der Waals surface area contributed by atoms with Crippen LogP contribution in [0.1, 0.15) is 46.0 Å². The lowest BCUT2D eigenvalue weighted by molar-refractivity contribution is 0.0515. The van der Waals surface area contributed by atoms with Crippen molar-refractivity contribution in [2.45, 2.75) is 53.7 Å². The van der Waals surface area contributed by atoms with E-state index < -0.39 is 5.60 Å². The summed E-state index contributed by atoms with van der Waals surface area (Å²) in [6.45, 7) is 13.8. The molecule has 130 valence electrons. The van der Waals surface area contributed by atoms with Crippen molar-refractivity contribution in [2.75, 3.05) is 13.1 Å². The van der Waals surface area contributed by atoms with Gasteiger partial charge < -0.3 is 15.4 Å². The third-order valence-corrected chi connectivity index (χ3v) is 3.40. The molecule has 1 unspecified atom stereocenters. The van der Waals surface area contributed by atoms with Crippen molar-refractivity contribution >= 4 is 6.09 Å². The van der Waals surface area contributed by atoms with Crippen molar-refractivity contribution in [1.29, 1.82) is 0 Å². The highest BCUT2D eigenvalue weighted by Crippen LogP contribution is 2.10. The molecule has 0 aromatic carbocycles. The summed E-state index contributed by atoms with van der Waals surface area (Å²) < 4.78 is 5.26. The van der Waals surface area contributed by atoms with Gasteiger partial charge in [-0.2, -0.15) is 0 Å². The maximum Gasteiger partial charge on any atom is 0.407 e. The molecule has 0 aliphatic heterocycles. The minimum Gasteiger partial charge on any atom is -0.444 e. The normalized spacial score (nSPS) is 13.0. The number of nitrogens with zero attached hydrogens (tertiary/aromatic N) is 2. The van der Waals surface area contributed by atoms with Crippen LogP contribution in [0.25, 0.3) is 0 Å². The molecule has 0 aliphatic carbocycles. The number of hydrogen-bond acceptors (Lipinski definition) is 5. The minimum absolute atomic E-state index is 0.320. The van der Waals surface area contributed by atoms with Gasteiger partial charge in [-0.1, -0.05) is 13.8 Å². The zero-order valence-corrected chi connectivity index (χ0v) is 15.1. The first kappa shape index (κ1) is 19.4. The van der Waals surface area contributed by atoms with Crippen molar-refractivity contribution in [3.63, 3.8) is 0 Å². The Labute approximate surface area is 139 Å². The van der Waals surface area contributed by atoms with Gasteiger partial charge in [0.2, 0.25) is 0 Å². The molecule has 0 fully saturated rings. The number of carbonyl (C=O) groups is 1. The molecule has 0 bridgehead atoms. The first-order chi connectivity index (χ1) is 10.7. The van der Waals surface area contributed by atoms with Crippen LogP contribution in [0, 0.1) is 18.8 Å². The van der Waals surface area contributed by atoms with Crippen LogP contribution in [0.3, 0.4) is 0 Å². The lowest BCUT2D eigenvalue weighted by Gasteiger charge is -2.24. The number of nitrogens with one attached hydrogen (secondary N) is 2. The maximum absolute atomic E-state index is 11.7.